The molecule has 4 heteroatoms. The monoisotopic (exact) mass is 263 g/mol. The van der Waals surface area contributed by atoms with Crippen LogP contribution >= 0.6 is 0 Å². The average Bonchev–Trinajstić information content (AvgIpc) is 2.95. The van der Waals surface area contributed by atoms with E-state index < -0.39 is 0 Å². The molecule has 0 unspecified atom stereocenters. The first-order chi connectivity index (χ1) is 9.83. The maximum atomic E-state index is 11.9. The number of carbonyl (C=O) groups excluding carboxylic acids is 1. The lowest BCUT2D eigenvalue weighted by Gasteiger charge is -2.31. The third-order valence-corrected chi connectivity index (χ3v) is 3.69. The molecule has 3 aromatic rings. The number of rotatable bonds is 1. The van der Waals surface area contributed by atoms with Gasteiger partial charge in [0, 0.05) is 17.4 Å². The Kier molecular flexibility index (Phi) is 2.29. The van der Waals surface area contributed by atoms with Gasteiger partial charge in [0.2, 0.25) is 0 Å². The highest BCUT2D eigenvalue weighted by atomic mass is 16.2. The van der Waals surface area contributed by atoms with Gasteiger partial charge in [-0.15, -0.1) is 0 Å². The van der Waals surface area contributed by atoms with Crippen LogP contribution in [0.5, 0.6) is 0 Å². The fourth-order valence-electron chi connectivity index (χ4n) is 2.67. The number of hydrogen-bond acceptors (Lipinski definition) is 2. The van der Waals surface area contributed by atoms with E-state index in [-0.39, 0.29) is 5.91 Å². The van der Waals surface area contributed by atoms with E-state index in [0.29, 0.717) is 12.2 Å². The number of nitrogens with one attached hydrogen (secondary N) is 2. The number of anilines is 2. The summed E-state index contributed by atoms with van der Waals surface area (Å²) in [6, 6.07) is 16.0. The minimum absolute atomic E-state index is 0.0159. The summed E-state index contributed by atoms with van der Waals surface area (Å²) in [5.41, 5.74) is 3.82. The van der Waals surface area contributed by atoms with Crippen LogP contribution in [0.4, 0.5) is 11.4 Å². The Morgan fingerprint density at radius 3 is 2.90 bits per heavy atom. The van der Waals surface area contributed by atoms with E-state index in [1.165, 1.54) is 5.39 Å². The zero-order chi connectivity index (χ0) is 13.5. The Balaban J connectivity index is 1.86. The Bertz CT molecular complexity index is 806. The predicted molar refractivity (Wildman–Crippen MR) is 79.2 cm³/mol. The van der Waals surface area contributed by atoms with E-state index in [0.717, 1.165) is 16.9 Å². The normalized spacial score (nSPS) is 14.2. The molecule has 1 aliphatic rings. The molecule has 0 atom stereocenters. The van der Waals surface area contributed by atoms with E-state index in [9.17, 15) is 4.79 Å². The summed E-state index contributed by atoms with van der Waals surface area (Å²) in [7, 11) is 0. The molecule has 1 aliphatic heterocycles. The molecule has 1 amide bonds. The van der Waals surface area contributed by atoms with E-state index in [1.54, 1.807) is 0 Å². The van der Waals surface area contributed by atoms with Gasteiger partial charge in [-0.25, -0.2) is 0 Å². The number of carbonyl (C=O) groups is 1. The minimum Gasteiger partial charge on any atom is -0.361 e. The quantitative estimate of drug-likeness (QED) is 0.709. The van der Waals surface area contributed by atoms with Crippen molar-refractivity contribution in [2.75, 3.05) is 11.6 Å². The number of nitrogens with zero attached hydrogens (tertiary/aromatic N) is 1. The van der Waals surface area contributed by atoms with Crippen LogP contribution in [0.25, 0.3) is 10.9 Å². The maximum Gasteiger partial charge on any atom is 0.254 e. The largest absolute Gasteiger partial charge is 0.361 e. The van der Waals surface area contributed by atoms with Crippen LogP contribution in [0, 0.1) is 0 Å². The number of amides is 1. The number of hydrogen-bond donors (Lipinski definition) is 2. The summed E-state index contributed by atoms with van der Waals surface area (Å²) in [4.78, 5) is 17.2. The molecule has 2 heterocycles. The minimum atomic E-state index is -0.0159. The van der Waals surface area contributed by atoms with Gasteiger partial charge in [0.1, 0.15) is 0 Å². The van der Waals surface area contributed by atoms with Gasteiger partial charge in [0.25, 0.3) is 5.91 Å². The van der Waals surface area contributed by atoms with Crippen molar-refractivity contribution in [2.45, 2.75) is 0 Å². The second-order valence-corrected chi connectivity index (χ2v) is 4.86. The highest BCUT2D eigenvalue weighted by Crippen LogP contribution is 2.31. The van der Waals surface area contributed by atoms with Crippen molar-refractivity contribution in [2.24, 2.45) is 0 Å². The van der Waals surface area contributed by atoms with Crippen LogP contribution in [0.3, 0.4) is 0 Å². The molecule has 0 saturated heterocycles. The Morgan fingerprint density at radius 1 is 1.05 bits per heavy atom. The van der Waals surface area contributed by atoms with Gasteiger partial charge in [-0.1, -0.05) is 18.2 Å². The highest BCUT2D eigenvalue weighted by Gasteiger charge is 2.23. The lowest BCUT2D eigenvalue weighted by atomic mass is 10.1. The summed E-state index contributed by atoms with van der Waals surface area (Å²) in [5, 5.41) is 4.09. The van der Waals surface area contributed by atoms with Gasteiger partial charge >= 0.3 is 0 Å². The van der Waals surface area contributed by atoms with Gasteiger partial charge < -0.3 is 15.2 Å². The maximum absolute atomic E-state index is 11.9. The molecule has 1 aromatic heterocycles. The van der Waals surface area contributed by atoms with Crippen LogP contribution in [0.15, 0.2) is 54.7 Å². The molecule has 0 bridgehead atoms. The van der Waals surface area contributed by atoms with Gasteiger partial charge in [0.05, 0.1) is 17.9 Å². The number of fused-ring (bicyclic) bond motifs is 2. The van der Waals surface area contributed by atoms with Gasteiger partial charge in [-0.2, -0.15) is 0 Å². The number of aromatic amines is 1. The fraction of sp³-hybridized carbons (Fsp3) is 0.0625. The van der Waals surface area contributed by atoms with Crippen LogP contribution in [0.2, 0.25) is 0 Å². The summed E-state index contributed by atoms with van der Waals surface area (Å²) in [6.45, 7) is 0.488. The van der Waals surface area contributed by atoms with Crippen molar-refractivity contribution in [3.05, 3.63) is 60.3 Å². The number of para-hydroxylation sites is 1. The molecule has 0 fully saturated rings. The van der Waals surface area contributed by atoms with Crippen LogP contribution in [-0.2, 0) is 0 Å². The molecule has 4 nitrogen and oxygen atoms in total. The van der Waals surface area contributed by atoms with Gasteiger partial charge in [-0.05, 0) is 35.7 Å². The lowest BCUT2D eigenvalue weighted by Crippen LogP contribution is -2.40. The van der Waals surface area contributed by atoms with Crippen LogP contribution in [0.1, 0.15) is 10.4 Å². The van der Waals surface area contributed by atoms with E-state index in [1.807, 2.05) is 36.5 Å². The summed E-state index contributed by atoms with van der Waals surface area (Å²) < 4.78 is 0. The van der Waals surface area contributed by atoms with Crippen LogP contribution < -0.4 is 10.2 Å². The van der Waals surface area contributed by atoms with Gasteiger partial charge in [-0.3, -0.25) is 4.79 Å². The SMILES string of the molecule is O=C1NCN(c2ccc3cc[nH]c3c2)c2ccccc21. The smallest absolute Gasteiger partial charge is 0.254 e. The molecular weight excluding hydrogens is 250 g/mol. The lowest BCUT2D eigenvalue weighted by molar-refractivity contribution is 0.0949. The first-order valence-corrected chi connectivity index (χ1v) is 6.55. The highest BCUT2D eigenvalue weighted by molar-refractivity contribution is 6.03. The molecular formula is C16H13N3O. The first-order valence-electron chi connectivity index (χ1n) is 6.55. The Morgan fingerprint density at radius 2 is 1.95 bits per heavy atom. The van der Waals surface area contributed by atoms with E-state index in [2.05, 4.69) is 33.4 Å². The zero-order valence-electron chi connectivity index (χ0n) is 10.8. The molecule has 98 valence electrons. The summed E-state index contributed by atoms with van der Waals surface area (Å²) in [5.74, 6) is -0.0159. The zero-order valence-corrected chi connectivity index (χ0v) is 10.8. The van der Waals surface area contributed by atoms with E-state index in [4.69, 9.17) is 0 Å². The summed E-state index contributed by atoms with van der Waals surface area (Å²) >= 11 is 0. The Hall–Kier alpha value is -2.75. The van der Waals surface area contributed by atoms with Crippen LogP contribution in [-0.4, -0.2) is 17.6 Å². The molecule has 0 radical (unpaired) electrons. The third-order valence-electron chi connectivity index (χ3n) is 3.69. The van der Waals surface area contributed by atoms with E-state index >= 15 is 0 Å². The van der Waals surface area contributed by atoms with Crippen molar-refractivity contribution in [1.82, 2.24) is 10.3 Å². The number of aromatic nitrogens is 1. The van der Waals surface area contributed by atoms with Crippen molar-refractivity contribution in [3.63, 3.8) is 0 Å². The molecule has 0 saturated carbocycles. The number of H-pyrrole nitrogens is 1. The standard InChI is InChI=1S/C16H13N3O/c20-16-13-3-1-2-4-15(13)19(10-18-16)12-6-5-11-7-8-17-14(11)9-12/h1-9,17H,10H2,(H,18,20). The number of benzene rings is 2. The predicted octanol–water partition coefficient (Wildman–Crippen LogP) is 3.01. The molecule has 0 aliphatic carbocycles. The third kappa shape index (κ3) is 1.58. The topological polar surface area (TPSA) is 48.1 Å². The van der Waals surface area contributed by atoms with Crippen molar-refractivity contribution in [1.29, 1.82) is 0 Å². The molecule has 2 N–H and O–H groups in total. The van der Waals surface area contributed by atoms with Crippen molar-refractivity contribution in [3.8, 4) is 0 Å². The van der Waals surface area contributed by atoms with Crippen molar-refractivity contribution >= 4 is 28.2 Å². The van der Waals surface area contributed by atoms with Gasteiger partial charge in [0.15, 0.2) is 0 Å². The molecule has 20 heavy (non-hydrogen) atoms. The Labute approximate surface area is 116 Å². The second-order valence-electron chi connectivity index (χ2n) is 4.86. The second kappa shape index (κ2) is 4.13. The molecule has 0 spiro atoms. The summed E-state index contributed by atoms with van der Waals surface area (Å²) in [6.07, 6.45) is 1.93. The van der Waals surface area contributed by atoms with Crippen molar-refractivity contribution < 1.29 is 4.79 Å². The molecule has 2 aromatic carbocycles. The molecule has 4 rings (SSSR count). The average molecular weight is 263 g/mol. The fourth-order valence-corrected chi connectivity index (χ4v) is 2.67. The first kappa shape index (κ1) is 11.1.